The molecule has 0 spiro atoms. The van der Waals surface area contributed by atoms with Gasteiger partial charge in [0, 0.05) is 11.1 Å². The highest BCUT2D eigenvalue weighted by molar-refractivity contribution is 7.89. The van der Waals surface area contributed by atoms with E-state index in [1.807, 2.05) is 0 Å². The van der Waals surface area contributed by atoms with Gasteiger partial charge in [-0.15, -0.1) is 0 Å². The number of sulfonamides is 1. The van der Waals surface area contributed by atoms with Crippen molar-refractivity contribution in [3.05, 3.63) is 57.8 Å². The van der Waals surface area contributed by atoms with Crippen LogP contribution in [0.4, 0.5) is 0 Å². The summed E-state index contributed by atoms with van der Waals surface area (Å²) in [5.74, 6) is 0. The van der Waals surface area contributed by atoms with Crippen LogP contribution in [0.5, 0.6) is 0 Å². The van der Waals surface area contributed by atoms with Crippen molar-refractivity contribution in [1.82, 2.24) is 4.98 Å². The summed E-state index contributed by atoms with van der Waals surface area (Å²) < 4.78 is 46.6. The number of benzene rings is 2. The Morgan fingerprint density at radius 2 is 1.67 bits per heavy atom. The normalized spacial score (nSPS) is 12.4. The van der Waals surface area contributed by atoms with Crippen molar-refractivity contribution in [1.29, 1.82) is 0 Å². The fraction of sp³-hybridized carbons (Fsp3) is 0.211. The van der Waals surface area contributed by atoms with E-state index in [1.54, 1.807) is 38.1 Å². The first-order chi connectivity index (χ1) is 14.1. The molecule has 0 bridgehead atoms. The predicted molar refractivity (Wildman–Crippen MR) is 117 cm³/mol. The molecule has 160 valence electrons. The molecule has 0 fully saturated rings. The molecule has 8 nitrogen and oxygen atoms in total. The third kappa shape index (κ3) is 4.51. The molecule has 0 saturated heterocycles. The highest BCUT2D eigenvalue weighted by Crippen LogP contribution is 2.46. The summed E-state index contributed by atoms with van der Waals surface area (Å²) in [4.78, 5) is 15.2. The maximum atomic E-state index is 13.1. The molecule has 0 aliphatic heterocycles. The van der Waals surface area contributed by atoms with Crippen LogP contribution in [0.2, 0.25) is 5.02 Å². The van der Waals surface area contributed by atoms with Crippen LogP contribution >= 0.6 is 19.2 Å². The molecule has 0 aliphatic rings. The number of nitrogens with two attached hydrogens (primary N) is 1. The van der Waals surface area contributed by atoms with E-state index < -0.39 is 23.2 Å². The van der Waals surface area contributed by atoms with Crippen molar-refractivity contribution >= 4 is 45.4 Å². The molecule has 0 atom stereocenters. The van der Waals surface area contributed by atoms with Gasteiger partial charge in [-0.05, 0) is 55.1 Å². The van der Waals surface area contributed by atoms with Gasteiger partial charge in [-0.2, -0.15) is 0 Å². The van der Waals surface area contributed by atoms with Crippen LogP contribution in [0.1, 0.15) is 13.8 Å². The Labute approximate surface area is 178 Å². The quantitative estimate of drug-likeness (QED) is 0.509. The molecule has 0 aliphatic carbocycles. The lowest BCUT2D eigenvalue weighted by molar-refractivity contribution is 0.229. The lowest BCUT2D eigenvalue weighted by Gasteiger charge is -2.17. The summed E-state index contributed by atoms with van der Waals surface area (Å²) in [6.07, 6.45) is 0. The van der Waals surface area contributed by atoms with Crippen LogP contribution < -0.4 is 16.0 Å². The number of aromatic amines is 1. The first kappa shape index (κ1) is 22.7. The van der Waals surface area contributed by atoms with Gasteiger partial charge in [-0.1, -0.05) is 23.7 Å². The summed E-state index contributed by atoms with van der Waals surface area (Å²) in [7, 11) is -7.61. The third-order valence-electron chi connectivity index (χ3n) is 4.30. The van der Waals surface area contributed by atoms with Crippen LogP contribution in [0, 0.1) is 0 Å². The zero-order chi connectivity index (χ0) is 22.1. The number of pyridine rings is 1. The largest absolute Gasteiger partial charge is 0.366 e. The third-order valence-corrected chi connectivity index (χ3v) is 7.66. The molecular weight excluding hydrogens is 451 g/mol. The molecule has 0 radical (unpaired) electrons. The van der Waals surface area contributed by atoms with Gasteiger partial charge in [-0.25, -0.2) is 13.6 Å². The summed E-state index contributed by atoms with van der Waals surface area (Å²) in [5.41, 5.74) is 1.08. The summed E-state index contributed by atoms with van der Waals surface area (Å²) in [6.45, 7) is 3.53. The standard InChI is InChI=1S/C19H20ClN2O6PS/c1-3-27-29(24,28-4-2)18-10-13-9-15(16(20)11-17(13)22-19(18)23)12-5-7-14(8-6-12)30(21,25)26/h5-11H,3-4H2,1-2H3,(H,22,23)(H2,21,25,26). The highest BCUT2D eigenvalue weighted by Gasteiger charge is 2.30. The molecule has 0 saturated carbocycles. The first-order valence-electron chi connectivity index (χ1n) is 8.98. The number of primary sulfonamides is 1. The summed E-state index contributed by atoms with van der Waals surface area (Å²) >= 11 is 6.38. The minimum Gasteiger partial charge on any atom is -0.321 e. The van der Waals surface area contributed by atoms with Gasteiger partial charge < -0.3 is 14.0 Å². The van der Waals surface area contributed by atoms with Crippen LogP contribution in [0.15, 0.2) is 52.2 Å². The fourth-order valence-corrected chi connectivity index (χ4v) is 5.40. The monoisotopic (exact) mass is 470 g/mol. The minimum atomic E-state index is -3.82. The molecule has 3 rings (SSSR count). The smallest absolute Gasteiger partial charge is 0.321 e. The second-order valence-electron chi connectivity index (χ2n) is 6.31. The number of fused-ring (bicyclic) bond motifs is 1. The number of hydrogen-bond donors (Lipinski definition) is 2. The zero-order valence-electron chi connectivity index (χ0n) is 16.2. The SMILES string of the molecule is CCOP(=O)(OCC)c1cc2cc(-c3ccc(S(N)(=O)=O)cc3)c(Cl)cc2[nH]c1=O. The van der Waals surface area contributed by atoms with Gasteiger partial charge in [0.2, 0.25) is 10.0 Å². The summed E-state index contributed by atoms with van der Waals surface area (Å²) in [5, 5.41) is 5.93. The molecule has 2 aromatic carbocycles. The van der Waals surface area contributed by atoms with Crippen LogP contribution in [0.25, 0.3) is 22.0 Å². The highest BCUT2D eigenvalue weighted by atomic mass is 35.5. The van der Waals surface area contributed by atoms with E-state index in [0.29, 0.717) is 27.1 Å². The van der Waals surface area contributed by atoms with E-state index in [9.17, 15) is 17.8 Å². The molecule has 1 heterocycles. The zero-order valence-corrected chi connectivity index (χ0v) is 18.7. The van der Waals surface area contributed by atoms with Gasteiger partial charge in [0.05, 0.1) is 23.1 Å². The maximum absolute atomic E-state index is 13.1. The molecule has 0 unspecified atom stereocenters. The summed E-state index contributed by atoms with van der Waals surface area (Å²) in [6, 6.07) is 10.6. The van der Waals surface area contributed by atoms with Crippen LogP contribution in [-0.4, -0.2) is 26.6 Å². The molecule has 3 aromatic rings. The topological polar surface area (TPSA) is 129 Å². The maximum Gasteiger partial charge on any atom is 0.366 e. The Hall–Kier alpha value is -2.00. The Morgan fingerprint density at radius 3 is 2.20 bits per heavy atom. The number of hydrogen-bond acceptors (Lipinski definition) is 6. The van der Waals surface area contributed by atoms with Gasteiger partial charge >= 0.3 is 7.60 Å². The van der Waals surface area contributed by atoms with Crippen molar-refractivity contribution in [3.8, 4) is 11.1 Å². The van der Waals surface area contributed by atoms with Crippen molar-refractivity contribution in [3.63, 3.8) is 0 Å². The van der Waals surface area contributed by atoms with Crippen molar-refractivity contribution < 1.29 is 22.0 Å². The Kier molecular flexibility index (Phi) is 6.52. The molecule has 1 aromatic heterocycles. The van der Waals surface area contributed by atoms with Crippen LogP contribution in [-0.2, 0) is 23.6 Å². The van der Waals surface area contributed by atoms with E-state index in [2.05, 4.69) is 4.98 Å². The lowest BCUT2D eigenvalue weighted by Crippen LogP contribution is -2.29. The van der Waals surface area contributed by atoms with Gasteiger partial charge in [0.25, 0.3) is 5.56 Å². The number of aromatic nitrogens is 1. The molecule has 0 amide bonds. The van der Waals surface area contributed by atoms with Gasteiger partial charge in [0.15, 0.2) is 0 Å². The molecule has 3 N–H and O–H groups in total. The Bertz CT molecular complexity index is 1300. The van der Waals surface area contributed by atoms with Gasteiger partial charge in [0.1, 0.15) is 5.30 Å². The molecule has 30 heavy (non-hydrogen) atoms. The van der Waals surface area contributed by atoms with Crippen molar-refractivity contribution in [2.45, 2.75) is 18.7 Å². The minimum absolute atomic E-state index is 0.0239. The average Bonchev–Trinajstić information content (AvgIpc) is 2.67. The average molecular weight is 471 g/mol. The van der Waals surface area contributed by atoms with Crippen LogP contribution in [0.3, 0.4) is 0 Å². The van der Waals surface area contributed by atoms with E-state index in [-0.39, 0.29) is 23.4 Å². The lowest BCUT2D eigenvalue weighted by atomic mass is 10.0. The van der Waals surface area contributed by atoms with E-state index in [0.717, 1.165) is 0 Å². The number of halogens is 1. The number of rotatable bonds is 7. The van der Waals surface area contributed by atoms with E-state index in [4.69, 9.17) is 25.8 Å². The molecular formula is C19H20ClN2O6PS. The first-order valence-corrected chi connectivity index (χ1v) is 12.4. The second-order valence-corrected chi connectivity index (χ2v) is 10.3. The fourth-order valence-electron chi connectivity index (χ4n) is 2.98. The predicted octanol–water partition coefficient (Wildman–Crippen LogP) is 3.39. The second kappa shape index (κ2) is 8.63. The van der Waals surface area contributed by atoms with E-state index in [1.165, 1.54) is 18.2 Å². The number of nitrogens with one attached hydrogen (secondary N) is 1. The number of H-pyrrole nitrogens is 1. The Morgan fingerprint density at radius 1 is 1.07 bits per heavy atom. The van der Waals surface area contributed by atoms with Crippen molar-refractivity contribution in [2.75, 3.05) is 13.2 Å². The van der Waals surface area contributed by atoms with Crippen molar-refractivity contribution in [2.24, 2.45) is 5.14 Å². The Balaban J connectivity index is 2.17. The van der Waals surface area contributed by atoms with Gasteiger partial charge in [-0.3, -0.25) is 9.36 Å². The molecule has 11 heteroatoms. The van der Waals surface area contributed by atoms with E-state index >= 15 is 0 Å².